The molecule has 0 aromatic rings. The quantitative estimate of drug-likeness (QED) is 0.603. The van der Waals surface area contributed by atoms with Crippen LogP contribution in [-0.2, 0) is 10.2 Å². The Hall–Kier alpha value is -0.430. The number of hydrogen-bond acceptors (Lipinski definition) is 3. The molecule has 0 saturated carbocycles. The second kappa shape index (κ2) is 6.95. The normalized spacial score (nSPS) is 12.3. The Labute approximate surface area is 92.7 Å². The van der Waals surface area contributed by atoms with Gasteiger partial charge in [-0.15, -0.1) is 6.58 Å². The molecule has 15 heavy (non-hydrogen) atoms. The van der Waals surface area contributed by atoms with Gasteiger partial charge in [0.1, 0.15) is 0 Å². The number of hydrogen-bond donors (Lipinski definition) is 1. The van der Waals surface area contributed by atoms with E-state index in [1.807, 2.05) is 0 Å². The van der Waals surface area contributed by atoms with E-state index in [-0.39, 0.29) is 0 Å². The van der Waals surface area contributed by atoms with E-state index in [1.165, 1.54) is 8.61 Å². The average molecular weight is 235 g/mol. The maximum absolute atomic E-state index is 11.9. The van der Waals surface area contributed by atoms with Crippen LogP contribution in [0.4, 0.5) is 0 Å². The van der Waals surface area contributed by atoms with Crippen LogP contribution in [0.1, 0.15) is 13.3 Å². The first kappa shape index (κ1) is 14.6. The highest BCUT2D eigenvalue weighted by Gasteiger charge is 2.23. The van der Waals surface area contributed by atoms with Gasteiger partial charge >= 0.3 is 0 Å². The van der Waals surface area contributed by atoms with Gasteiger partial charge in [-0.3, -0.25) is 0 Å². The third-order valence-electron chi connectivity index (χ3n) is 2.08. The minimum absolute atomic E-state index is 0.339. The minimum atomic E-state index is -3.35. The van der Waals surface area contributed by atoms with Crippen LogP contribution in [0.5, 0.6) is 0 Å². The smallest absolute Gasteiger partial charge is 0.281 e. The molecule has 5 nitrogen and oxygen atoms in total. The highest BCUT2D eigenvalue weighted by atomic mass is 32.2. The molecule has 0 aliphatic rings. The number of nitrogens with zero attached hydrogens (tertiary/aromatic N) is 2. The molecule has 0 spiro atoms. The number of nitrogens with two attached hydrogens (primary N) is 1. The molecule has 0 aromatic carbocycles. The first-order valence-corrected chi connectivity index (χ1v) is 6.42. The van der Waals surface area contributed by atoms with E-state index < -0.39 is 10.2 Å². The van der Waals surface area contributed by atoms with Crippen LogP contribution in [0.3, 0.4) is 0 Å². The molecule has 6 heteroatoms. The van der Waals surface area contributed by atoms with Gasteiger partial charge in [0.2, 0.25) is 0 Å². The van der Waals surface area contributed by atoms with E-state index in [0.717, 1.165) is 0 Å². The molecule has 0 rings (SSSR count). The molecule has 0 atom stereocenters. The fourth-order valence-electron chi connectivity index (χ4n) is 1.16. The van der Waals surface area contributed by atoms with E-state index in [9.17, 15) is 8.42 Å². The second-order valence-electron chi connectivity index (χ2n) is 3.21. The fourth-order valence-corrected chi connectivity index (χ4v) is 2.53. The van der Waals surface area contributed by atoms with Gasteiger partial charge in [-0.25, -0.2) is 0 Å². The van der Waals surface area contributed by atoms with Crippen molar-refractivity contribution in [2.75, 3.05) is 33.2 Å². The zero-order chi connectivity index (χ0) is 11.9. The number of likely N-dealkylation sites (N-methyl/N-ethyl adjacent to an activating group) is 1. The minimum Gasteiger partial charge on any atom is -0.330 e. The summed E-state index contributed by atoms with van der Waals surface area (Å²) in [5.41, 5.74) is 5.34. The summed E-state index contributed by atoms with van der Waals surface area (Å²) in [7, 11) is -1.78. The van der Waals surface area contributed by atoms with Gasteiger partial charge in [0, 0.05) is 26.7 Å². The SMILES string of the molecule is C=CCN(CC)S(=O)(=O)N(C)CCCN. The maximum Gasteiger partial charge on any atom is 0.281 e. The van der Waals surface area contributed by atoms with Gasteiger partial charge in [-0.1, -0.05) is 13.0 Å². The zero-order valence-electron chi connectivity index (χ0n) is 9.52. The van der Waals surface area contributed by atoms with Crippen LogP contribution in [0.25, 0.3) is 0 Å². The molecular weight excluding hydrogens is 214 g/mol. The molecule has 90 valence electrons. The lowest BCUT2D eigenvalue weighted by Crippen LogP contribution is -2.42. The molecule has 0 amide bonds. The summed E-state index contributed by atoms with van der Waals surface area (Å²) in [6, 6.07) is 0. The molecule has 0 bridgehead atoms. The summed E-state index contributed by atoms with van der Waals surface area (Å²) in [5, 5.41) is 0. The molecule has 2 N–H and O–H groups in total. The van der Waals surface area contributed by atoms with Gasteiger partial charge in [0.05, 0.1) is 0 Å². The van der Waals surface area contributed by atoms with E-state index in [4.69, 9.17) is 5.73 Å². The van der Waals surface area contributed by atoms with E-state index >= 15 is 0 Å². The second-order valence-corrected chi connectivity index (χ2v) is 5.25. The molecule has 0 aromatic heterocycles. The van der Waals surface area contributed by atoms with Crippen molar-refractivity contribution in [1.29, 1.82) is 0 Å². The molecule has 0 unspecified atom stereocenters. The van der Waals surface area contributed by atoms with Crippen molar-refractivity contribution in [3.05, 3.63) is 12.7 Å². The van der Waals surface area contributed by atoms with Crippen LogP contribution in [0, 0.1) is 0 Å². The van der Waals surface area contributed by atoms with Gasteiger partial charge in [-0.2, -0.15) is 17.0 Å². The third kappa shape index (κ3) is 4.29. The summed E-state index contributed by atoms with van der Waals surface area (Å²) in [4.78, 5) is 0. The standard InChI is InChI=1S/C9H21N3O2S/c1-4-8-12(5-2)15(13,14)11(3)9-6-7-10/h4H,1,5-10H2,2-3H3. The maximum atomic E-state index is 11.9. The average Bonchev–Trinajstić information content (AvgIpc) is 2.21. The van der Waals surface area contributed by atoms with Crippen molar-refractivity contribution < 1.29 is 8.42 Å². The van der Waals surface area contributed by atoms with Crippen LogP contribution < -0.4 is 5.73 Å². The molecule has 0 fully saturated rings. The van der Waals surface area contributed by atoms with Crippen LogP contribution in [0.2, 0.25) is 0 Å². The van der Waals surface area contributed by atoms with Crippen molar-refractivity contribution in [2.24, 2.45) is 5.73 Å². The summed E-state index contributed by atoms with van der Waals surface area (Å²) >= 11 is 0. The Kier molecular flexibility index (Phi) is 6.75. The number of rotatable bonds is 8. The molecule has 0 heterocycles. The topological polar surface area (TPSA) is 66.6 Å². The first-order chi connectivity index (χ1) is 7.00. The molecule has 0 saturated heterocycles. The van der Waals surface area contributed by atoms with Crippen molar-refractivity contribution in [1.82, 2.24) is 8.61 Å². The Balaban J connectivity index is 4.54. The summed E-state index contributed by atoms with van der Waals surface area (Å²) in [5.74, 6) is 0. The van der Waals surface area contributed by atoms with Crippen molar-refractivity contribution in [3.8, 4) is 0 Å². The Morgan fingerprint density at radius 2 is 2.07 bits per heavy atom. The lowest BCUT2D eigenvalue weighted by atomic mass is 10.4. The van der Waals surface area contributed by atoms with Crippen LogP contribution in [0.15, 0.2) is 12.7 Å². The Bertz CT molecular complexity index is 277. The van der Waals surface area contributed by atoms with Crippen LogP contribution in [-0.4, -0.2) is 50.3 Å². The van der Waals surface area contributed by atoms with Crippen LogP contribution >= 0.6 is 0 Å². The Morgan fingerprint density at radius 1 is 1.47 bits per heavy atom. The summed E-state index contributed by atoms with van der Waals surface area (Å²) in [6.07, 6.45) is 2.25. The Morgan fingerprint density at radius 3 is 2.47 bits per heavy atom. The van der Waals surface area contributed by atoms with Gasteiger partial charge in [0.25, 0.3) is 10.2 Å². The first-order valence-electron chi connectivity index (χ1n) is 5.03. The van der Waals surface area contributed by atoms with Crippen molar-refractivity contribution in [3.63, 3.8) is 0 Å². The van der Waals surface area contributed by atoms with E-state index in [0.29, 0.717) is 32.6 Å². The monoisotopic (exact) mass is 235 g/mol. The highest BCUT2D eigenvalue weighted by Crippen LogP contribution is 2.06. The lowest BCUT2D eigenvalue weighted by molar-refractivity contribution is 0.383. The molecule has 0 aliphatic carbocycles. The third-order valence-corrected chi connectivity index (χ3v) is 4.11. The largest absolute Gasteiger partial charge is 0.330 e. The van der Waals surface area contributed by atoms with Gasteiger partial charge in [-0.05, 0) is 13.0 Å². The zero-order valence-corrected chi connectivity index (χ0v) is 10.3. The molecular formula is C9H21N3O2S. The van der Waals surface area contributed by atoms with E-state index in [1.54, 1.807) is 20.0 Å². The van der Waals surface area contributed by atoms with Gasteiger partial charge in [0.15, 0.2) is 0 Å². The predicted octanol–water partition coefficient (Wildman–Crippen LogP) is 0.0197. The predicted molar refractivity (Wildman–Crippen MR) is 62.7 cm³/mol. The summed E-state index contributed by atoms with van der Waals surface area (Å²) < 4.78 is 26.5. The van der Waals surface area contributed by atoms with E-state index in [2.05, 4.69) is 6.58 Å². The fraction of sp³-hybridized carbons (Fsp3) is 0.778. The van der Waals surface area contributed by atoms with Gasteiger partial charge < -0.3 is 5.73 Å². The molecule has 0 radical (unpaired) electrons. The lowest BCUT2D eigenvalue weighted by Gasteiger charge is -2.25. The summed E-state index contributed by atoms with van der Waals surface area (Å²) in [6.45, 7) is 7.07. The van der Waals surface area contributed by atoms with Crippen molar-refractivity contribution in [2.45, 2.75) is 13.3 Å². The van der Waals surface area contributed by atoms with Crippen molar-refractivity contribution >= 4 is 10.2 Å². The highest BCUT2D eigenvalue weighted by molar-refractivity contribution is 7.86. The molecule has 0 aliphatic heterocycles.